The van der Waals surface area contributed by atoms with Crippen molar-refractivity contribution in [2.24, 2.45) is 17.3 Å². The standard InChI is InChI=1S/C54H54N6O5S3/c1-31(2)41-21-8-32(3)54(49(41)61)27-46(54)36-13-11-35(12-14-36)39-7-5-6-34(24-39)30-67-53-45(29-56)42(25-48(59-53)38-17-18-38)50(62)57-23-22-33-9-19-40(20-10-33)68(64,65)60-51(63)43-26-47(37-15-16-37)58-52(66-4)44(43)28-55/h5-7,9-14,19-20,24-26,31-32,37-38,46,61H,8,15-18,21-23,27,30H2,1-4H3,(H,57,62)(H,60,63). The molecule has 3 N–H and O–H groups in total. The summed E-state index contributed by atoms with van der Waals surface area (Å²) < 4.78 is 28.8. The summed E-state index contributed by atoms with van der Waals surface area (Å²) in [6, 6.07) is 30.7. The quantitative estimate of drug-likeness (QED) is 0.0799. The van der Waals surface area contributed by atoms with Gasteiger partial charge in [-0.05, 0) is 133 Å². The van der Waals surface area contributed by atoms with E-state index in [1.165, 1.54) is 52.9 Å². The first-order valence-electron chi connectivity index (χ1n) is 23.4. The van der Waals surface area contributed by atoms with E-state index >= 15 is 0 Å². The molecule has 11 nitrogen and oxygen atoms in total. The van der Waals surface area contributed by atoms with E-state index in [-0.39, 0.29) is 56.9 Å². The molecule has 3 atom stereocenters. The first-order chi connectivity index (χ1) is 32.7. The number of sulfonamides is 1. The fraction of sp³-hybridized carbons (Fsp3) is 0.370. The maximum atomic E-state index is 13.8. The number of nitrogens with one attached hydrogen (secondary N) is 2. The summed E-state index contributed by atoms with van der Waals surface area (Å²) in [5.41, 5.74) is 8.37. The molecular weight excluding hydrogens is 909 g/mol. The molecule has 0 radical (unpaired) electrons. The molecule has 1 spiro atoms. The summed E-state index contributed by atoms with van der Waals surface area (Å²) in [6.45, 7) is 6.87. The van der Waals surface area contributed by atoms with Gasteiger partial charge in [-0.2, -0.15) is 10.5 Å². The highest BCUT2D eigenvalue weighted by Crippen LogP contribution is 2.70. The van der Waals surface area contributed by atoms with Gasteiger partial charge in [0.1, 0.15) is 22.2 Å². The highest BCUT2D eigenvalue weighted by atomic mass is 32.2. The van der Waals surface area contributed by atoms with Crippen molar-refractivity contribution in [1.82, 2.24) is 20.0 Å². The zero-order valence-corrected chi connectivity index (χ0v) is 41.1. The molecule has 5 aromatic rings. The van der Waals surface area contributed by atoms with Gasteiger partial charge in [-0.1, -0.05) is 81.4 Å². The van der Waals surface area contributed by atoms with E-state index in [0.717, 1.165) is 72.9 Å². The number of benzene rings is 3. The Bertz CT molecular complexity index is 3040. The third kappa shape index (κ3) is 9.56. The lowest BCUT2D eigenvalue weighted by Gasteiger charge is -2.33. The first kappa shape index (κ1) is 47.1. The lowest BCUT2D eigenvalue weighted by molar-refractivity contribution is 0.0951. The van der Waals surface area contributed by atoms with Gasteiger partial charge in [0.15, 0.2) is 0 Å². The second kappa shape index (κ2) is 19.2. The van der Waals surface area contributed by atoms with Gasteiger partial charge in [-0.15, -0.1) is 23.5 Å². The zero-order valence-electron chi connectivity index (χ0n) is 38.6. The van der Waals surface area contributed by atoms with Gasteiger partial charge < -0.3 is 10.4 Å². The van der Waals surface area contributed by atoms with Gasteiger partial charge in [0.2, 0.25) is 0 Å². The molecule has 14 heteroatoms. The van der Waals surface area contributed by atoms with E-state index in [9.17, 15) is 33.6 Å². The fourth-order valence-corrected chi connectivity index (χ4v) is 12.3. The van der Waals surface area contributed by atoms with E-state index in [1.54, 1.807) is 24.5 Å². The van der Waals surface area contributed by atoms with Crippen LogP contribution >= 0.6 is 23.5 Å². The molecule has 4 aliphatic rings. The Morgan fingerprint density at radius 3 is 2.07 bits per heavy atom. The smallest absolute Gasteiger partial charge is 0.266 e. The molecule has 0 saturated heterocycles. The summed E-state index contributed by atoms with van der Waals surface area (Å²) in [5.74, 6) is 1.48. The molecule has 3 fully saturated rings. The maximum absolute atomic E-state index is 13.8. The predicted octanol–water partition coefficient (Wildman–Crippen LogP) is 11.1. The largest absolute Gasteiger partial charge is 0.512 e. The molecule has 0 aliphatic heterocycles. The van der Waals surface area contributed by atoms with Gasteiger partial charge in [-0.3, -0.25) is 9.59 Å². The molecule has 3 unspecified atom stereocenters. The average Bonchev–Trinajstić information content (AvgIpc) is 4.20. The molecule has 348 valence electrons. The van der Waals surface area contributed by atoms with Gasteiger partial charge in [0, 0.05) is 40.9 Å². The van der Waals surface area contributed by atoms with Crippen LogP contribution in [0.1, 0.15) is 143 Å². The SMILES string of the molecule is CSc1nc(C2CC2)cc(C(=O)NS(=O)(=O)c2ccc(CCNC(=O)c3cc(C4CC4)nc(SCc4cccc(-c5ccc(C6CC67C(O)=C(C(C)C)CCC7C)cc5)c4)c3C#N)cc2)c1C#N. The molecule has 2 aromatic heterocycles. The van der Waals surface area contributed by atoms with Crippen LogP contribution in [0.2, 0.25) is 0 Å². The van der Waals surface area contributed by atoms with Crippen LogP contribution in [0.25, 0.3) is 11.1 Å². The van der Waals surface area contributed by atoms with Crippen LogP contribution in [0.3, 0.4) is 0 Å². The lowest BCUT2D eigenvalue weighted by Crippen LogP contribution is -2.31. The van der Waals surface area contributed by atoms with Crippen LogP contribution in [0.15, 0.2) is 111 Å². The van der Waals surface area contributed by atoms with Gasteiger partial charge in [-0.25, -0.2) is 23.1 Å². The van der Waals surface area contributed by atoms with Crippen molar-refractivity contribution < 1.29 is 23.1 Å². The number of rotatable bonds is 16. The van der Waals surface area contributed by atoms with E-state index in [2.05, 4.69) is 84.3 Å². The average molecular weight is 963 g/mol. The molecule has 2 heterocycles. The van der Waals surface area contributed by atoms with Gasteiger partial charge >= 0.3 is 0 Å². The number of nitriles is 2. The van der Waals surface area contributed by atoms with E-state index in [1.807, 2.05) is 12.1 Å². The Hall–Kier alpha value is -5.93. The normalized spacial score (nSPS) is 19.9. The lowest BCUT2D eigenvalue weighted by atomic mass is 9.73. The van der Waals surface area contributed by atoms with Crippen LogP contribution < -0.4 is 10.0 Å². The Labute approximate surface area is 407 Å². The van der Waals surface area contributed by atoms with Gasteiger partial charge in [0.25, 0.3) is 21.8 Å². The Morgan fingerprint density at radius 2 is 1.46 bits per heavy atom. The van der Waals surface area contributed by atoms with Crippen LogP contribution in [0.4, 0.5) is 0 Å². The van der Waals surface area contributed by atoms with Gasteiger partial charge in [0.05, 0.1) is 32.9 Å². The van der Waals surface area contributed by atoms with Crippen LogP contribution in [0.5, 0.6) is 0 Å². The molecule has 9 rings (SSSR count). The summed E-state index contributed by atoms with van der Waals surface area (Å²) in [6.07, 6.45) is 9.03. The third-order valence-corrected chi connectivity index (χ3v) is 17.3. The second-order valence-electron chi connectivity index (χ2n) is 19.0. The van der Waals surface area contributed by atoms with Crippen LogP contribution in [-0.4, -0.2) is 48.1 Å². The van der Waals surface area contributed by atoms with Crippen molar-refractivity contribution in [2.75, 3.05) is 12.8 Å². The second-order valence-corrected chi connectivity index (χ2v) is 22.4. The topological polar surface area (TPSA) is 186 Å². The molecule has 4 aliphatic carbocycles. The van der Waals surface area contributed by atoms with Crippen molar-refractivity contribution in [3.05, 3.63) is 147 Å². The van der Waals surface area contributed by atoms with Crippen molar-refractivity contribution in [3.63, 3.8) is 0 Å². The highest BCUT2D eigenvalue weighted by Gasteiger charge is 2.62. The number of nitrogens with zero attached hydrogens (tertiary/aromatic N) is 4. The summed E-state index contributed by atoms with van der Waals surface area (Å²) >= 11 is 2.68. The van der Waals surface area contributed by atoms with Crippen LogP contribution in [0, 0.1) is 39.9 Å². The fourth-order valence-electron chi connectivity index (χ4n) is 9.81. The molecule has 3 saturated carbocycles. The van der Waals surface area contributed by atoms with Crippen molar-refractivity contribution in [2.45, 2.75) is 111 Å². The predicted molar refractivity (Wildman–Crippen MR) is 265 cm³/mol. The summed E-state index contributed by atoms with van der Waals surface area (Å²) in [7, 11) is -4.28. The number of aliphatic hydroxyl groups is 1. The number of allylic oxidation sites excluding steroid dienone is 2. The number of pyridine rings is 2. The number of carbonyl (C=O) groups is 2. The number of thioether (sulfide) groups is 2. The monoisotopic (exact) mass is 962 g/mol. The van der Waals surface area contributed by atoms with Crippen molar-refractivity contribution in [3.8, 4) is 23.3 Å². The Morgan fingerprint density at radius 1 is 0.824 bits per heavy atom. The third-order valence-electron chi connectivity index (χ3n) is 14.2. The number of carbonyl (C=O) groups excluding carboxylic acids is 2. The highest BCUT2D eigenvalue weighted by molar-refractivity contribution is 7.98. The molecular formula is C54H54N6O5S3. The Balaban J connectivity index is 0.830. The summed E-state index contributed by atoms with van der Waals surface area (Å²) in [5, 5.41) is 35.5. The molecule has 68 heavy (non-hydrogen) atoms. The zero-order chi connectivity index (χ0) is 47.9. The number of aliphatic hydroxyl groups excluding tert-OH is 1. The van der Waals surface area contributed by atoms with E-state index in [4.69, 9.17) is 4.98 Å². The molecule has 0 bridgehead atoms. The number of aromatic nitrogens is 2. The van der Waals surface area contributed by atoms with Crippen LogP contribution in [-0.2, 0) is 22.2 Å². The molecule has 3 aromatic carbocycles. The molecule has 2 amide bonds. The number of amides is 2. The van der Waals surface area contributed by atoms with Crippen molar-refractivity contribution in [1.29, 1.82) is 10.5 Å². The number of hydrogen-bond acceptors (Lipinski definition) is 11. The van der Waals surface area contributed by atoms with E-state index < -0.39 is 15.9 Å². The first-order valence-corrected chi connectivity index (χ1v) is 27.1. The minimum absolute atomic E-state index is 0.0201. The minimum Gasteiger partial charge on any atom is -0.512 e. The minimum atomic E-state index is -4.28. The Kier molecular flexibility index (Phi) is 13.3. The van der Waals surface area contributed by atoms with E-state index in [0.29, 0.717) is 51.4 Å². The summed E-state index contributed by atoms with van der Waals surface area (Å²) in [4.78, 5) is 36.4. The van der Waals surface area contributed by atoms with Crippen molar-refractivity contribution >= 4 is 45.4 Å². The maximum Gasteiger partial charge on any atom is 0.266 e. The number of hydrogen-bond donors (Lipinski definition) is 3.